The number of anilines is 4. The molecule has 37 heavy (non-hydrogen) atoms. The molecule has 1 aromatic carbocycles. The number of nitrogens with zero attached hydrogens (tertiary/aromatic N) is 6. The number of piperazine rings is 1. The molecule has 5 heterocycles. The van der Waals surface area contributed by atoms with Crippen LogP contribution < -0.4 is 15.5 Å². The molecule has 2 saturated heterocycles. The van der Waals surface area contributed by atoms with Crippen molar-refractivity contribution in [1.29, 1.82) is 0 Å². The molecule has 3 fully saturated rings. The van der Waals surface area contributed by atoms with E-state index in [2.05, 4.69) is 32.5 Å². The molecule has 2 atom stereocenters. The number of likely N-dealkylation sites (N-methyl/N-ethyl adjacent to an activating group) is 1. The van der Waals surface area contributed by atoms with Crippen LogP contribution in [0.3, 0.4) is 0 Å². The summed E-state index contributed by atoms with van der Waals surface area (Å²) in [6, 6.07) is 12.8. The lowest BCUT2D eigenvalue weighted by Crippen LogP contribution is -2.45. The van der Waals surface area contributed by atoms with Crippen molar-refractivity contribution in [3.05, 3.63) is 48.3 Å². The number of amides is 1. The number of aryl methyl sites for hydroxylation is 1. The van der Waals surface area contributed by atoms with E-state index in [1.54, 1.807) is 11.3 Å². The molecule has 7 rings (SSSR count). The highest BCUT2D eigenvalue weighted by molar-refractivity contribution is 7.21. The summed E-state index contributed by atoms with van der Waals surface area (Å²) in [6.45, 7) is 4.04. The van der Waals surface area contributed by atoms with Crippen LogP contribution >= 0.6 is 11.3 Å². The second kappa shape index (κ2) is 8.74. The lowest BCUT2D eigenvalue weighted by molar-refractivity contribution is -0.117. The molecule has 2 N–H and O–H groups in total. The molecule has 10 heteroatoms. The van der Waals surface area contributed by atoms with Crippen molar-refractivity contribution in [2.45, 2.75) is 38.3 Å². The van der Waals surface area contributed by atoms with Gasteiger partial charge in [-0.25, -0.2) is 15.0 Å². The predicted molar refractivity (Wildman–Crippen MR) is 146 cm³/mol. The first-order chi connectivity index (χ1) is 18.0. The number of benzene rings is 1. The van der Waals surface area contributed by atoms with Gasteiger partial charge in [0.15, 0.2) is 0 Å². The molecule has 2 bridgehead atoms. The second-order valence-electron chi connectivity index (χ2n) is 10.4. The minimum absolute atomic E-state index is 0.106. The van der Waals surface area contributed by atoms with Crippen LogP contribution in [0.15, 0.2) is 42.6 Å². The molecular weight excluding hydrogens is 484 g/mol. The van der Waals surface area contributed by atoms with Crippen LogP contribution in [0.25, 0.3) is 20.8 Å². The van der Waals surface area contributed by atoms with Crippen molar-refractivity contribution >= 4 is 50.7 Å². The van der Waals surface area contributed by atoms with E-state index in [1.165, 1.54) is 6.42 Å². The van der Waals surface area contributed by atoms with E-state index in [-0.39, 0.29) is 11.8 Å². The monoisotopic (exact) mass is 512 g/mol. The summed E-state index contributed by atoms with van der Waals surface area (Å²) in [4.78, 5) is 36.0. The van der Waals surface area contributed by atoms with Crippen LogP contribution in [0.5, 0.6) is 0 Å². The summed E-state index contributed by atoms with van der Waals surface area (Å²) in [6.07, 6.45) is 5.00. The van der Waals surface area contributed by atoms with Crippen LogP contribution in [0, 0.1) is 12.8 Å². The number of hydrogen-bond donors (Lipinski definition) is 2. The van der Waals surface area contributed by atoms with Gasteiger partial charge in [0.1, 0.15) is 16.6 Å². The summed E-state index contributed by atoms with van der Waals surface area (Å²) in [5.74, 6) is 2.49. The molecule has 1 amide bonds. The zero-order valence-corrected chi connectivity index (χ0v) is 21.6. The number of carbonyl (C=O) groups is 1. The average molecular weight is 513 g/mol. The average Bonchev–Trinajstić information content (AvgIpc) is 3.37. The van der Waals surface area contributed by atoms with Crippen LogP contribution in [-0.4, -0.2) is 63.0 Å². The molecule has 2 aliphatic heterocycles. The molecule has 0 spiro atoms. The molecule has 188 valence electrons. The maximum absolute atomic E-state index is 12.2. The van der Waals surface area contributed by atoms with Gasteiger partial charge in [0.05, 0.1) is 10.2 Å². The fourth-order valence-electron chi connectivity index (χ4n) is 5.33. The van der Waals surface area contributed by atoms with Crippen molar-refractivity contribution in [3.63, 3.8) is 0 Å². The Balaban J connectivity index is 1.11. The van der Waals surface area contributed by atoms with E-state index in [9.17, 15) is 4.79 Å². The van der Waals surface area contributed by atoms with Crippen molar-refractivity contribution < 1.29 is 4.79 Å². The number of carbonyl (C=O) groups excluding carboxylic acids is 1. The lowest BCUT2D eigenvalue weighted by Gasteiger charge is -2.32. The molecule has 0 radical (unpaired) electrons. The van der Waals surface area contributed by atoms with Crippen molar-refractivity contribution in [1.82, 2.24) is 24.8 Å². The Kier molecular flexibility index (Phi) is 5.33. The Labute approximate surface area is 219 Å². The van der Waals surface area contributed by atoms with Crippen LogP contribution in [0.2, 0.25) is 0 Å². The molecule has 3 aromatic heterocycles. The van der Waals surface area contributed by atoms with E-state index in [0.29, 0.717) is 17.9 Å². The molecule has 0 unspecified atom stereocenters. The fraction of sp³-hybridized carbons (Fsp3) is 0.370. The largest absolute Gasteiger partial charge is 0.335 e. The Morgan fingerprint density at radius 1 is 1.05 bits per heavy atom. The van der Waals surface area contributed by atoms with Gasteiger partial charge in [-0.1, -0.05) is 12.1 Å². The molecule has 1 aliphatic carbocycles. The summed E-state index contributed by atoms with van der Waals surface area (Å²) >= 11 is 1.59. The van der Waals surface area contributed by atoms with E-state index in [0.717, 1.165) is 69.9 Å². The topological polar surface area (TPSA) is 99.2 Å². The zero-order chi connectivity index (χ0) is 25.1. The van der Waals surface area contributed by atoms with Crippen molar-refractivity contribution in [2.75, 3.05) is 35.7 Å². The maximum Gasteiger partial charge on any atom is 0.227 e. The smallest absolute Gasteiger partial charge is 0.227 e. The number of fused-ring (bicyclic) bond motifs is 3. The number of hydrogen-bond acceptors (Lipinski definition) is 9. The Morgan fingerprint density at radius 2 is 1.95 bits per heavy atom. The van der Waals surface area contributed by atoms with E-state index in [1.807, 2.05) is 49.5 Å². The van der Waals surface area contributed by atoms with E-state index < -0.39 is 0 Å². The van der Waals surface area contributed by atoms with Crippen LogP contribution in [0.1, 0.15) is 25.0 Å². The van der Waals surface area contributed by atoms with Gasteiger partial charge in [0, 0.05) is 66.4 Å². The molecule has 9 nitrogen and oxygen atoms in total. The van der Waals surface area contributed by atoms with Crippen LogP contribution in [-0.2, 0) is 4.79 Å². The third-order valence-corrected chi connectivity index (χ3v) is 8.53. The highest BCUT2D eigenvalue weighted by Gasteiger charge is 2.42. The molecule has 1 saturated carbocycles. The second-order valence-corrected chi connectivity index (χ2v) is 11.4. The normalized spacial score (nSPS) is 21.1. The first-order valence-corrected chi connectivity index (χ1v) is 13.6. The van der Waals surface area contributed by atoms with Crippen molar-refractivity contribution in [2.24, 2.45) is 5.92 Å². The summed E-state index contributed by atoms with van der Waals surface area (Å²) in [5, 5.41) is 7.28. The molecule has 4 aromatic rings. The number of aromatic nitrogens is 4. The van der Waals surface area contributed by atoms with Crippen molar-refractivity contribution in [3.8, 4) is 10.6 Å². The Morgan fingerprint density at radius 3 is 2.73 bits per heavy atom. The lowest BCUT2D eigenvalue weighted by atomic mass is 10.2. The number of pyridine rings is 1. The van der Waals surface area contributed by atoms with Gasteiger partial charge in [-0.05, 0) is 45.4 Å². The van der Waals surface area contributed by atoms with E-state index >= 15 is 0 Å². The SMILES string of the molecule is Cc1cc(Nc2cc3nc(-c4cccc(NC(=O)C5CC5)c4)sc3cn2)nc(N2C[C@@H]3C[C@H]2CN3C)n1. The predicted octanol–water partition coefficient (Wildman–Crippen LogP) is 4.44. The van der Waals surface area contributed by atoms with Crippen LogP contribution in [0.4, 0.5) is 23.3 Å². The third kappa shape index (κ3) is 4.40. The number of nitrogens with one attached hydrogen (secondary N) is 2. The zero-order valence-electron chi connectivity index (χ0n) is 20.8. The van der Waals surface area contributed by atoms with Gasteiger partial charge in [-0.15, -0.1) is 11.3 Å². The first-order valence-electron chi connectivity index (χ1n) is 12.8. The van der Waals surface area contributed by atoms with Gasteiger partial charge in [-0.2, -0.15) is 4.98 Å². The Bertz CT molecular complexity index is 1510. The standard InChI is InChI=1S/C27H28N8OS/c1-15-8-24(33-27(29-15)35-14-19-10-20(35)13-34(19)2)32-23-11-21-22(12-28-23)37-26(31-21)17-4-3-5-18(9-17)30-25(36)16-6-7-16/h3-5,8-9,11-12,16,19-20H,6-7,10,13-14H2,1-2H3,(H,30,36)(H,28,29,32,33)/t19-,20-/m0/s1. The van der Waals surface area contributed by atoms with Gasteiger partial charge in [-0.3, -0.25) is 9.69 Å². The van der Waals surface area contributed by atoms with E-state index in [4.69, 9.17) is 15.0 Å². The summed E-state index contributed by atoms with van der Waals surface area (Å²) in [5.41, 5.74) is 3.58. The molecule has 3 aliphatic rings. The highest BCUT2D eigenvalue weighted by atomic mass is 32.1. The quantitative estimate of drug-likeness (QED) is 0.391. The third-order valence-electron chi connectivity index (χ3n) is 7.47. The van der Waals surface area contributed by atoms with Gasteiger partial charge in [0.25, 0.3) is 0 Å². The summed E-state index contributed by atoms with van der Waals surface area (Å²) in [7, 11) is 2.20. The highest BCUT2D eigenvalue weighted by Crippen LogP contribution is 2.35. The fourth-order valence-corrected chi connectivity index (χ4v) is 6.25. The van der Waals surface area contributed by atoms with Gasteiger partial charge >= 0.3 is 0 Å². The minimum atomic E-state index is 0.106. The number of thiazole rings is 1. The number of rotatable bonds is 6. The minimum Gasteiger partial charge on any atom is -0.335 e. The molecular formula is C27H28N8OS. The van der Waals surface area contributed by atoms with Gasteiger partial charge < -0.3 is 15.5 Å². The number of likely N-dealkylation sites (tertiary alicyclic amines) is 1. The van der Waals surface area contributed by atoms with Gasteiger partial charge in [0.2, 0.25) is 11.9 Å². The Hall–Kier alpha value is -3.63. The first kappa shape index (κ1) is 22.6. The maximum atomic E-state index is 12.2. The summed E-state index contributed by atoms with van der Waals surface area (Å²) < 4.78 is 1.00.